The van der Waals surface area contributed by atoms with Crippen LogP contribution in [-0.4, -0.2) is 15.0 Å². The van der Waals surface area contributed by atoms with Crippen LogP contribution in [0.3, 0.4) is 0 Å². The van der Waals surface area contributed by atoms with Crippen molar-refractivity contribution in [3.8, 4) is 0 Å². The van der Waals surface area contributed by atoms with E-state index < -0.39 is 10.0 Å². The first-order valence-electron chi connectivity index (χ1n) is 6.81. The van der Waals surface area contributed by atoms with Gasteiger partial charge in [0.25, 0.3) is 0 Å². The molecule has 0 spiro atoms. The van der Waals surface area contributed by atoms with E-state index in [4.69, 9.17) is 0 Å². The van der Waals surface area contributed by atoms with Gasteiger partial charge in [-0.2, -0.15) is 0 Å². The van der Waals surface area contributed by atoms with E-state index in [0.717, 1.165) is 16.3 Å². The molecule has 3 rings (SSSR count). The van der Waals surface area contributed by atoms with Crippen LogP contribution in [0.4, 0.5) is 0 Å². The average molecular weight is 344 g/mol. The van der Waals surface area contributed by atoms with Crippen molar-refractivity contribution in [3.63, 3.8) is 0 Å². The molecule has 0 aromatic heterocycles. The smallest absolute Gasteiger partial charge is 0.211 e. The van der Waals surface area contributed by atoms with Gasteiger partial charge in [-0.1, -0.05) is 15.9 Å². The molecule has 0 saturated heterocycles. The van der Waals surface area contributed by atoms with Gasteiger partial charge in [0.2, 0.25) is 10.0 Å². The Labute approximate surface area is 123 Å². The summed E-state index contributed by atoms with van der Waals surface area (Å²) in [6.07, 6.45) is 5.12. The van der Waals surface area contributed by atoms with E-state index in [2.05, 4.69) is 20.7 Å². The average Bonchev–Trinajstić information content (AvgIpc) is 3.24. The van der Waals surface area contributed by atoms with Crippen LogP contribution >= 0.6 is 15.9 Å². The van der Waals surface area contributed by atoms with Crippen molar-refractivity contribution in [3.05, 3.63) is 28.7 Å². The number of nitrogens with one attached hydrogen (secondary N) is 1. The summed E-state index contributed by atoms with van der Waals surface area (Å²) in [6.45, 7) is 0.605. The maximum absolute atomic E-state index is 12.2. The van der Waals surface area contributed by atoms with E-state index in [-0.39, 0.29) is 0 Å². The summed E-state index contributed by atoms with van der Waals surface area (Å²) in [5.41, 5.74) is 0. The first kappa shape index (κ1) is 13.6. The molecule has 2 saturated carbocycles. The van der Waals surface area contributed by atoms with Crippen LogP contribution in [0.25, 0.3) is 0 Å². The van der Waals surface area contributed by atoms with E-state index in [1.807, 2.05) is 0 Å². The monoisotopic (exact) mass is 343 g/mol. The van der Waals surface area contributed by atoms with E-state index in [1.165, 1.54) is 25.7 Å². The lowest BCUT2D eigenvalue weighted by molar-refractivity contribution is 0.401. The largest absolute Gasteiger partial charge is 0.240 e. The van der Waals surface area contributed by atoms with Crippen LogP contribution < -0.4 is 4.72 Å². The van der Waals surface area contributed by atoms with Gasteiger partial charge in [0.15, 0.2) is 0 Å². The van der Waals surface area contributed by atoms with Crippen molar-refractivity contribution in [2.75, 3.05) is 6.54 Å². The molecular formula is C14H18BrNO2S. The molecule has 1 aromatic rings. The number of benzene rings is 1. The highest BCUT2D eigenvalue weighted by molar-refractivity contribution is 9.10. The highest BCUT2D eigenvalue weighted by Crippen LogP contribution is 2.48. The molecule has 2 aliphatic rings. The van der Waals surface area contributed by atoms with Crippen molar-refractivity contribution in [2.45, 2.75) is 30.6 Å². The fourth-order valence-corrected chi connectivity index (χ4v) is 4.01. The second kappa shape index (κ2) is 5.19. The Morgan fingerprint density at radius 3 is 2.11 bits per heavy atom. The zero-order valence-electron chi connectivity index (χ0n) is 10.7. The molecule has 0 heterocycles. The Morgan fingerprint density at radius 1 is 1.11 bits per heavy atom. The maximum atomic E-state index is 12.2. The van der Waals surface area contributed by atoms with Gasteiger partial charge >= 0.3 is 0 Å². The van der Waals surface area contributed by atoms with E-state index in [9.17, 15) is 8.42 Å². The molecule has 2 aliphatic carbocycles. The SMILES string of the molecule is O=S(=O)(NCC(C1CC1)C1CC1)c1ccc(Br)cc1. The molecule has 0 atom stereocenters. The summed E-state index contributed by atoms with van der Waals surface area (Å²) >= 11 is 3.31. The fourth-order valence-electron chi connectivity index (χ4n) is 2.67. The highest BCUT2D eigenvalue weighted by Gasteiger charge is 2.41. The van der Waals surface area contributed by atoms with Gasteiger partial charge in [-0.05, 0) is 67.7 Å². The molecule has 0 amide bonds. The van der Waals surface area contributed by atoms with Crippen LogP contribution in [0.5, 0.6) is 0 Å². The lowest BCUT2D eigenvalue weighted by Gasteiger charge is -2.16. The van der Waals surface area contributed by atoms with Crippen molar-refractivity contribution in [2.24, 2.45) is 17.8 Å². The van der Waals surface area contributed by atoms with Gasteiger partial charge in [0.1, 0.15) is 0 Å². The van der Waals surface area contributed by atoms with Crippen LogP contribution in [-0.2, 0) is 10.0 Å². The molecule has 2 fully saturated rings. The maximum Gasteiger partial charge on any atom is 0.240 e. The summed E-state index contributed by atoms with van der Waals surface area (Å²) in [6, 6.07) is 6.78. The normalized spacial score (nSPS) is 19.9. The quantitative estimate of drug-likeness (QED) is 0.862. The van der Waals surface area contributed by atoms with Gasteiger partial charge in [0, 0.05) is 11.0 Å². The molecule has 0 aliphatic heterocycles. The minimum Gasteiger partial charge on any atom is -0.211 e. The minimum atomic E-state index is -3.35. The Kier molecular flexibility index (Phi) is 3.71. The zero-order chi connectivity index (χ0) is 13.5. The summed E-state index contributed by atoms with van der Waals surface area (Å²) < 4.78 is 28.1. The van der Waals surface area contributed by atoms with Crippen molar-refractivity contribution in [1.82, 2.24) is 4.72 Å². The van der Waals surface area contributed by atoms with Gasteiger partial charge in [-0.3, -0.25) is 0 Å². The molecule has 0 unspecified atom stereocenters. The van der Waals surface area contributed by atoms with Crippen molar-refractivity contribution in [1.29, 1.82) is 0 Å². The number of rotatable bonds is 6. The van der Waals surface area contributed by atoms with Crippen LogP contribution in [0.1, 0.15) is 25.7 Å². The lowest BCUT2D eigenvalue weighted by atomic mass is 9.99. The third kappa shape index (κ3) is 3.38. The topological polar surface area (TPSA) is 46.2 Å². The molecule has 19 heavy (non-hydrogen) atoms. The number of hydrogen-bond acceptors (Lipinski definition) is 2. The summed E-state index contributed by atoms with van der Waals surface area (Å²) in [4.78, 5) is 0.348. The number of sulfonamides is 1. The first-order valence-corrected chi connectivity index (χ1v) is 9.09. The zero-order valence-corrected chi connectivity index (χ0v) is 13.1. The third-order valence-electron chi connectivity index (χ3n) is 4.09. The van der Waals surface area contributed by atoms with Crippen LogP contribution in [0.2, 0.25) is 0 Å². The second-order valence-electron chi connectivity index (χ2n) is 5.64. The van der Waals surface area contributed by atoms with Crippen LogP contribution in [0, 0.1) is 17.8 Å². The lowest BCUT2D eigenvalue weighted by Crippen LogP contribution is -2.31. The Hall–Kier alpha value is -0.390. The predicted octanol–water partition coefficient (Wildman–Crippen LogP) is 3.16. The molecular weight excluding hydrogens is 326 g/mol. The fraction of sp³-hybridized carbons (Fsp3) is 0.571. The second-order valence-corrected chi connectivity index (χ2v) is 8.33. The number of halogens is 1. The van der Waals surface area contributed by atoms with Gasteiger partial charge in [-0.15, -0.1) is 0 Å². The van der Waals surface area contributed by atoms with E-state index in [1.54, 1.807) is 24.3 Å². The van der Waals surface area contributed by atoms with Crippen LogP contribution in [0.15, 0.2) is 33.6 Å². The van der Waals surface area contributed by atoms with E-state index in [0.29, 0.717) is 17.4 Å². The molecule has 1 N–H and O–H groups in total. The summed E-state index contributed by atoms with van der Waals surface area (Å²) in [5.74, 6) is 2.09. The molecule has 0 bridgehead atoms. The molecule has 5 heteroatoms. The minimum absolute atomic E-state index is 0.348. The number of hydrogen-bond donors (Lipinski definition) is 1. The van der Waals surface area contributed by atoms with Crippen molar-refractivity contribution >= 4 is 26.0 Å². The van der Waals surface area contributed by atoms with Crippen molar-refractivity contribution < 1.29 is 8.42 Å². The summed E-state index contributed by atoms with van der Waals surface area (Å²) in [5, 5.41) is 0. The Balaban J connectivity index is 1.65. The van der Waals surface area contributed by atoms with Gasteiger partial charge in [0.05, 0.1) is 4.90 Å². The van der Waals surface area contributed by atoms with E-state index >= 15 is 0 Å². The molecule has 104 valence electrons. The Morgan fingerprint density at radius 2 is 1.63 bits per heavy atom. The highest BCUT2D eigenvalue weighted by atomic mass is 79.9. The molecule has 0 radical (unpaired) electrons. The Bertz CT molecular complexity index is 535. The van der Waals surface area contributed by atoms with Gasteiger partial charge < -0.3 is 0 Å². The standard InChI is InChI=1S/C14H18BrNO2S/c15-12-5-7-13(8-6-12)19(17,18)16-9-14(10-1-2-10)11-3-4-11/h5-8,10-11,14,16H,1-4,9H2. The summed E-state index contributed by atoms with van der Waals surface area (Å²) in [7, 11) is -3.35. The van der Waals surface area contributed by atoms with Gasteiger partial charge in [-0.25, -0.2) is 13.1 Å². The third-order valence-corrected chi connectivity index (χ3v) is 6.06. The molecule has 1 aromatic carbocycles. The predicted molar refractivity (Wildman–Crippen MR) is 78.3 cm³/mol. The first-order chi connectivity index (χ1) is 9.06. The molecule has 3 nitrogen and oxygen atoms in total.